The van der Waals surface area contributed by atoms with E-state index in [1.54, 1.807) is 30.5 Å². The van der Waals surface area contributed by atoms with Crippen LogP contribution < -0.4 is 10.2 Å². The van der Waals surface area contributed by atoms with Crippen molar-refractivity contribution >= 4 is 17.6 Å². The average Bonchev–Trinajstić information content (AvgIpc) is 3.15. The topological polar surface area (TPSA) is 89.3 Å². The molecule has 1 aliphatic heterocycles. The SMILES string of the molecule is N#Cc1cccnc1N1CCCN(C(=O)CC(NC(=O)c2ccccc2)c2ccccc2)CC1. The fourth-order valence-corrected chi connectivity index (χ4v) is 4.19. The van der Waals surface area contributed by atoms with E-state index in [9.17, 15) is 14.9 Å². The van der Waals surface area contributed by atoms with Gasteiger partial charge in [0.2, 0.25) is 5.91 Å². The molecule has 1 unspecified atom stereocenters. The molecule has 7 nitrogen and oxygen atoms in total. The van der Waals surface area contributed by atoms with Gasteiger partial charge in [-0.25, -0.2) is 4.98 Å². The van der Waals surface area contributed by atoms with Crippen molar-refractivity contribution in [3.05, 3.63) is 95.7 Å². The van der Waals surface area contributed by atoms with Crippen LogP contribution in [-0.4, -0.2) is 47.9 Å². The largest absolute Gasteiger partial charge is 0.354 e. The molecule has 1 atom stereocenters. The van der Waals surface area contributed by atoms with Crippen molar-refractivity contribution in [2.45, 2.75) is 18.9 Å². The Labute approximate surface area is 199 Å². The van der Waals surface area contributed by atoms with Crippen LogP contribution in [-0.2, 0) is 4.79 Å². The van der Waals surface area contributed by atoms with Crippen LogP contribution in [0.15, 0.2) is 79.0 Å². The van der Waals surface area contributed by atoms with Crippen LogP contribution in [0.1, 0.15) is 40.4 Å². The summed E-state index contributed by atoms with van der Waals surface area (Å²) in [6.07, 6.45) is 2.64. The molecule has 7 heteroatoms. The number of aromatic nitrogens is 1. The highest BCUT2D eigenvalue weighted by Gasteiger charge is 2.25. The number of carbonyl (C=O) groups is 2. The van der Waals surface area contributed by atoms with E-state index in [-0.39, 0.29) is 18.2 Å². The molecule has 1 aliphatic rings. The summed E-state index contributed by atoms with van der Waals surface area (Å²) in [4.78, 5) is 34.4. The second-order valence-electron chi connectivity index (χ2n) is 8.21. The fourth-order valence-electron chi connectivity index (χ4n) is 4.19. The normalized spacial score (nSPS) is 14.6. The lowest BCUT2D eigenvalue weighted by Crippen LogP contribution is -2.38. The first-order chi connectivity index (χ1) is 16.7. The summed E-state index contributed by atoms with van der Waals surface area (Å²) < 4.78 is 0. The van der Waals surface area contributed by atoms with Crippen LogP contribution in [0.5, 0.6) is 0 Å². The lowest BCUT2D eigenvalue weighted by Gasteiger charge is -2.25. The Morgan fingerprint density at radius 3 is 2.41 bits per heavy atom. The number of pyridine rings is 1. The first-order valence-electron chi connectivity index (χ1n) is 11.4. The third-order valence-electron chi connectivity index (χ3n) is 5.98. The van der Waals surface area contributed by atoms with Gasteiger partial charge in [0.1, 0.15) is 11.9 Å². The molecule has 2 aromatic carbocycles. The average molecular weight is 454 g/mol. The molecule has 0 saturated carbocycles. The van der Waals surface area contributed by atoms with Crippen LogP contribution in [0.2, 0.25) is 0 Å². The third-order valence-corrected chi connectivity index (χ3v) is 5.98. The van der Waals surface area contributed by atoms with Gasteiger partial charge in [-0.1, -0.05) is 48.5 Å². The van der Waals surface area contributed by atoms with Crippen molar-refractivity contribution in [2.24, 2.45) is 0 Å². The Kier molecular flexibility index (Phi) is 7.51. The minimum atomic E-state index is -0.429. The zero-order valence-corrected chi connectivity index (χ0v) is 18.9. The van der Waals surface area contributed by atoms with E-state index >= 15 is 0 Å². The molecule has 1 aromatic heterocycles. The highest BCUT2D eigenvalue weighted by molar-refractivity contribution is 5.94. The molecule has 0 radical (unpaired) electrons. The highest BCUT2D eigenvalue weighted by Crippen LogP contribution is 2.21. The van der Waals surface area contributed by atoms with E-state index in [1.807, 2.05) is 53.4 Å². The van der Waals surface area contributed by atoms with Gasteiger partial charge in [0, 0.05) is 37.9 Å². The Bertz CT molecular complexity index is 1160. The van der Waals surface area contributed by atoms with Crippen molar-refractivity contribution in [1.82, 2.24) is 15.2 Å². The van der Waals surface area contributed by atoms with Crippen molar-refractivity contribution in [3.8, 4) is 6.07 Å². The zero-order chi connectivity index (χ0) is 23.8. The van der Waals surface area contributed by atoms with Gasteiger partial charge in [-0.05, 0) is 36.2 Å². The molecule has 1 saturated heterocycles. The minimum Gasteiger partial charge on any atom is -0.354 e. The summed E-state index contributed by atoms with van der Waals surface area (Å²) in [6.45, 7) is 2.48. The van der Waals surface area contributed by atoms with Crippen molar-refractivity contribution in [3.63, 3.8) is 0 Å². The number of hydrogen-bond donors (Lipinski definition) is 1. The number of nitrogens with one attached hydrogen (secondary N) is 1. The second kappa shape index (κ2) is 11.1. The van der Waals surface area contributed by atoms with E-state index < -0.39 is 6.04 Å². The van der Waals surface area contributed by atoms with Gasteiger partial charge in [-0.2, -0.15) is 5.26 Å². The van der Waals surface area contributed by atoms with Gasteiger partial charge >= 0.3 is 0 Å². The van der Waals surface area contributed by atoms with Gasteiger partial charge in [0.05, 0.1) is 18.0 Å². The number of hydrogen-bond acceptors (Lipinski definition) is 5. The number of amides is 2. The lowest BCUT2D eigenvalue weighted by atomic mass is 10.0. The smallest absolute Gasteiger partial charge is 0.251 e. The first-order valence-corrected chi connectivity index (χ1v) is 11.4. The summed E-state index contributed by atoms with van der Waals surface area (Å²) in [5, 5.41) is 12.4. The zero-order valence-electron chi connectivity index (χ0n) is 18.9. The van der Waals surface area contributed by atoms with Gasteiger partial charge in [-0.15, -0.1) is 0 Å². The molecule has 0 spiro atoms. The molecule has 1 fully saturated rings. The van der Waals surface area contributed by atoms with Crippen LogP contribution >= 0.6 is 0 Å². The monoisotopic (exact) mass is 453 g/mol. The highest BCUT2D eigenvalue weighted by atomic mass is 16.2. The number of nitriles is 1. The maximum atomic E-state index is 13.3. The molecular weight excluding hydrogens is 426 g/mol. The fraction of sp³-hybridized carbons (Fsp3) is 0.259. The number of rotatable bonds is 6. The first kappa shape index (κ1) is 23.0. The van der Waals surface area contributed by atoms with Gasteiger partial charge < -0.3 is 15.1 Å². The minimum absolute atomic E-state index is 0.00871. The standard InChI is InChI=1S/C27H27N5O2/c28-20-23-13-7-14-29-26(23)32-16-8-15-31(17-18-32)25(33)19-24(21-9-3-1-4-10-21)30-27(34)22-11-5-2-6-12-22/h1-7,9-14,24H,8,15-19H2,(H,30,34). The quantitative estimate of drug-likeness (QED) is 0.617. The summed E-state index contributed by atoms with van der Waals surface area (Å²) in [5.41, 5.74) is 1.99. The van der Waals surface area contributed by atoms with Crippen molar-refractivity contribution < 1.29 is 9.59 Å². The van der Waals surface area contributed by atoms with E-state index in [4.69, 9.17) is 0 Å². The van der Waals surface area contributed by atoms with Gasteiger partial charge in [-0.3, -0.25) is 9.59 Å². The molecule has 0 aliphatic carbocycles. The molecular formula is C27H27N5O2. The summed E-state index contributed by atoms with van der Waals surface area (Å²) in [6, 6.07) is 23.9. The number of anilines is 1. The Morgan fingerprint density at radius 2 is 1.68 bits per heavy atom. The predicted molar refractivity (Wildman–Crippen MR) is 130 cm³/mol. The lowest BCUT2D eigenvalue weighted by molar-refractivity contribution is -0.131. The number of benzene rings is 2. The second-order valence-corrected chi connectivity index (χ2v) is 8.21. The number of nitrogens with zero attached hydrogens (tertiary/aromatic N) is 4. The van der Waals surface area contributed by atoms with Crippen LogP contribution in [0.25, 0.3) is 0 Å². The Balaban J connectivity index is 1.45. The van der Waals surface area contributed by atoms with Crippen LogP contribution in [0.4, 0.5) is 5.82 Å². The molecule has 172 valence electrons. The summed E-state index contributed by atoms with van der Waals surface area (Å²) >= 11 is 0. The molecule has 3 aromatic rings. The van der Waals surface area contributed by atoms with E-state index in [0.717, 1.165) is 18.5 Å². The molecule has 2 amide bonds. The van der Waals surface area contributed by atoms with Crippen LogP contribution in [0.3, 0.4) is 0 Å². The van der Waals surface area contributed by atoms with Gasteiger partial charge in [0.15, 0.2) is 0 Å². The molecule has 1 N–H and O–H groups in total. The Hall–Kier alpha value is -4.18. The molecule has 0 bridgehead atoms. The Morgan fingerprint density at radius 1 is 0.941 bits per heavy atom. The van der Waals surface area contributed by atoms with Gasteiger partial charge in [0.25, 0.3) is 5.91 Å². The third kappa shape index (κ3) is 5.59. The number of carbonyl (C=O) groups excluding carboxylic acids is 2. The predicted octanol–water partition coefficient (Wildman–Crippen LogP) is 3.55. The maximum absolute atomic E-state index is 13.3. The summed E-state index contributed by atoms with van der Waals surface area (Å²) in [7, 11) is 0. The molecule has 4 rings (SSSR count). The van der Waals surface area contributed by atoms with E-state index in [2.05, 4.69) is 21.3 Å². The molecule has 2 heterocycles. The van der Waals surface area contributed by atoms with Crippen LogP contribution in [0, 0.1) is 11.3 Å². The summed E-state index contributed by atoms with van der Waals surface area (Å²) in [5.74, 6) is 0.450. The van der Waals surface area contributed by atoms with E-state index in [1.165, 1.54) is 0 Å². The molecule has 34 heavy (non-hydrogen) atoms. The maximum Gasteiger partial charge on any atom is 0.251 e. The van der Waals surface area contributed by atoms with E-state index in [0.29, 0.717) is 36.6 Å². The van der Waals surface area contributed by atoms with Crippen molar-refractivity contribution in [2.75, 3.05) is 31.1 Å². The van der Waals surface area contributed by atoms with Crippen molar-refractivity contribution in [1.29, 1.82) is 5.26 Å².